The van der Waals surface area contributed by atoms with E-state index < -0.39 is 17.9 Å². The molecule has 0 radical (unpaired) electrons. The highest BCUT2D eigenvalue weighted by Gasteiger charge is 2.24. The number of imide groups is 1. The van der Waals surface area contributed by atoms with Gasteiger partial charge in [-0.05, 0) is 18.2 Å². The molecule has 0 bridgehead atoms. The van der Waals surface area contributed by atoms with Crippen molar-refractivity contribution in [1.29, 1.82) is 0 Å². The zero-order valence-electron chi connectivity index (χ0n) is 14.4. The molecule has 0 unspecified atom stereocenters. The summed E-state index contributed by atoms with van der Waals surface area (Å²) in [6, 6.07) is 8.81. The smallest absolute Gasteiger partial charge is 0.244 e. The molecule has 0 heterocycles. The molecule has 0 aromatic heterocycles. The maximum atomic E-state index is 12.5. The highest BCUT2D eigenvalue weighted by Crippen LogP contribution is 2.16. The summed E-state index contributed by atoms with van der Waals surface area (Å²) in [5.74, 6) is -0.519. The number of thioether (sulfide) groups is 3. The van der Waals surface area contributed by atoms with Gasteiger partial charge < -0.3 is 5.73 Å². The van der Waals surface area contributed by atoms with Crippen molar-refractivity contribution in [2.24, 2.45) is 11.7 Å². The van der Waals surface area contributed by atoms with E-state index in [4.69, 9.17) is 5.73 Å². The Kier molecular flexibility index (Phi) is 11.0. The fourth-order valence-corrected chi connectivity index (χ4v) is 4.16. The fourth-order valence-electron chi connectivity index (χ4n) is 1.99. The lowest BCUT2D eigenvalue weighted by Gasteiger charge is -2.17. The van der Waals surface area contributed by atoms with Gasteiger partial charge in [0, 0.05) is 23.5 Å². The molecule has 138 valence electrons. The van der Waals surface area contributed by atoms with Gasteiger partial charge in [0.05, 0.1) is 12.0 Å². The van der Waals surface area contributed by atoms with E-state index in [1.165, 1.54) is 6.92 Å². The SMILES string of the molecule is CSCSC[C@H](N)C(=O)NC(=O)[C@@H](CSC(C)=O)Cc1ccccc1. The van der Waals surface area contributed by atoms with E-state index in [0.29, 0.717) is 17.9 Å². The molecule has 2 amide bonds. The number of carbonyl (C=O) groups excluding carboxylic acids is 3. The fraction of sp³-hybridized carbons (Fsp3) is 0.471. The molecule has 0 saturated carbocycles. The molecular weight excluding hydrogens is 376 g/mol. The summed E-state index contributed by atoms with van der Waals surface area (Å²) in [6.07, 6.45) is 2.44. The molecule has 0 aliphatic rings. The lowest BCUT2D eigenvalue weighted by atomic mass is 10.00. The molecule has 0 saturated heterocycles. The van der Waals surface area contributed by atoms with Gasteiger partial charge in [0.1, 0.15) is 0 Å². The molecule has 1 aromatic rings. The second-order valence-electron chi connectivity index (χ2n) is 5.43. The zero-order valence-corrected chi connectivity index (χ0v) is 16.8. The number of hydrogen-bond acceptors (Lipinski definition) is 7. The second kappa shape index (κ2) is 12.4. The van der Waals surface area contributed by atoms with Crippen molar-refractivity contribution in [1.82, 2.24) is 5.32 Å². The van der Waals surface area contributed by atoms with Crippen LogP contribution < -0.4 is 11.1 Å². The maximum Gasteiger partial charge on any atom is 0.244 e. The molecule has 8 heteroatoms. The first-order chi connectivity index (χ1) is 11.9. The minimum absolute atomic E-state index is 0.0534. The van der Waals surface area contributed by atoms with Crippen LogP contribution in [0.3, 0.4) is 0 Å². The first-order valence-corrected chi connectivity index (χ1v) is 11.3. The van der Waals surface area contributed by atoms with Crippen LogP contribution in [0.5, 0.6) is 0 Å². The minimum Gasteiger partial charge on any atom is -0.319 e. The lowest BCUT2D eigenvalue weighted by molar-refractivity contribution is -0.132. The molecule has 1 rings (SSSR count). The summed E-state index contributed by atoms with van der Waals surface area (Å²) >= 11 is 4.31. The second-order valence-corrected chi connectivity index (χ2v) is 8.89. The van der Waals surface area contributed by atoms with Crippen molar-refractivity contribution < 1.29 is 14.4 Å². The van der Waals surface area contributed by atoms with Crippen molar-refractivity contribution in [3.05, 3.63) is 35.9 Å². The van der Waals surface area contributed by atoms with Crippen molar-refractivity contribution in [3.63, 3.8) is 0 Å². The zero-order chi connectivity index (χ0) is 18.7. The van der Waals surface area contributed by atoms with E-state index in [0.717, 1.165) is 22.4 Å². The molecule has 2 atom stereocenters. The van der Waals surface area contributed by atoms with Crippen LogP contribution in [-0.2, 0) is 20.8 Å². The molecule has 3 N–H and O–H groups in total. The van der Waals surface area contributed by atoms with Gasteiger partial charge in [0.15, 0.2) is 5.12 Å². The van der Waals surface area contributed by atoms with Crippen LogP contribution in [-0.4, -0.2) is 45.8 Å². The minimum atomic E-state index is -0.723. The predicted octanol–water partition coefficient (Wildman–Crippen LogP) is 2.15. The number of hydrogen-bond donors (Lipinski definition) is 2. The molecule has 0 spiro atoms. The number of nitrogens with two attached hydrogens (primary N) is 1. The van der Waals surface area contributed by atoms with E-state index >= 15 is 0 Å². The third kappa shape index (κ3) is 9.34. The van der Waals surface area contributed by atoms with E-state index in [1.54, 1.807) is 23.5 Å². The molecule has 1 aromatic carbocycles. The summed E-state index contributed by atoms with van der Waals surface area (Å²) < 4.78 is 0. The maximum absolute atomic E-state index is 12.5. The third-order valence-electron chi connectivity index (χ3n) is 3.27. The molecule has 0 aliphatic carbocycles. The largest absolute Gasteiger partial charge is 0.319 e. The summed E-state index contributed by atoms with van der Waals surface area (Å²) in [5, 5.41) is 3.20. The summed E-state index contributed by atoms with van der Waals surface area (Å²) in [6.45, 7) is 1.46. The number of carbonyl (C=O) groups is 3. The first kappa shape index (κ1) is 22.1. The van der Waals surface area contributed by atoms with Gasteiger partial charge in [0.25, 0.3) is 0 Å². The summed E-state index contributed by atoms with van der Waals surface area (Å²) in [4.78, 5) is 35.8. The Labute approximate surface area is 161 Å². The van der Waals surface area contributed by atoms with Crippen molar-refractivity contribution in [3.8, 4) is 0 Å². The quantitative estimate of drug-likeness (QED) is 0.459. The standard InChI is InChI=1S/C17H24N2O3S3/c1-12(20)25-9-14(8-13-6-4-3-5-7-13)16(21)19-17(22)15(18)10-24-11-23-2/h3-7,14-15H,8-11,18H2,1-2H3,(H,19,21,22)/t14-,15+/m1/s1. The highest BCUT2D eigenvalue weighted by atomic mass is 32.2. The molecule has 25 heavy (non-hydrogen) atoms. The van der Waals surface area contributed by atoms with Gasteiger partial charge >= 0.3 is 0 Å². The summed E-state index contributed by atoms with van der Waals surface area (Å²) in [5.41, 5.74) is 6.81. The van der Waals surface area contributed by atoms with Crippen LogP contribution in [0.15, 0.2) is 30.3 Å². The van der Waals surface area contributed by atoms with E-state index in [1.807, 2.05) is 36.6 Å². The van der Waals surface area contributed by atoms with Crippen LogP contribution in [0.4, 0.5) is 0 Å². The third-order valence-corrected chi connectivity index (χ3v) is 6.45. The topological polar surface area (TPSA) is 89.3 Å². The van der Waals surface area contributed by atoms with Gasteiger partial charge in [-0.2, -0.15) is 11.8 Å². The van der Waals surface area contributed by atoms with Crippen LogP contribution in [0.25, 0.3) is 0 Å². The molecule has 0 aliphatic heterocycles. The number of amides is 2. The molecular formula is C17H24N2O3S3. The Balaban J connectivity index is 2.64. The van der Waals surface area contributed by atoms with Crippen LogP contribution >= 0.6 is 35.3 Å². The van der Waals surface area contributed by atoms with Gasteiger partial charge in [-0.1, -0.05) is 42.1 Å². The predicted molar refractivity (Wildman–Crippen MR) is 109 cm³/mol. The molecule has 5 nitrogen and oxygen atoms in total. The van der Waals surface area contributed by atoms with Crippen molar-refractivity contribution in [2.45, 2.75) is 19.4 Å². The van der Waals surface area contributed by atoms with Gasteiger partial charge in [0.2, 0.25) is 11.8 Å². The van der Waals surface area contributed by atoms with E-state index in [9.17, 15) is 14.4 Å². The van der Waals surface area contributed by atoms with E-state index in [-0.39, 0.29) is 11.0 Å². The Bertz CT molecular complexity index is 570. The van der Waals surface area contributed by atoms with Gasteiger partial charge in [-0.15, -0.1) is 11.8 Å². The number of benzene rings is 1. The van der Waals surface area contributed by atoms with Gasteiger partial charge in [-0.3, -0.25) is 19.7 Å². The highest BCUT2D eigenvalue weighted by molar-refractivity contribution is 8.15. The van der Waals surface area contributed by atoms with Crippen molar-refractivity contribution in [2.75, 3.05) is 22.8 Å². The average Bonchev–Trinajstić information content (AvgIpc) is 2.59. The van der Waals surface area contributed by atoms with E-state index in [2.05, 4.69) is 5.32 Å². The van der Waals surface area contributed by atoms with Crippen LogP contribution in [0, 0.1) is 5.92 Å². The Hall–Kier alpha value is -0.960. The number of rotatable bonds is 10. The Morgan fingerprint density at radius 1 is 1.12 bits per heavy atom. The number of nitrogens with one attached hydrogen (secondary N) is 1. The van der Waals surface area contributed by atoms with Crippen molar-refractivity contribution >= 4 is 52.2 Å². The van der Waals surface area contributed by atoms with Crippen LogP contribution in [0.2, 0.25) is 0 Å². The Morgan fingerprint density at radius 3 is 2.40 bits per heavy atom. The lowest BCUT2D eigenvalue weighted by Crippen LogP contribution is -2.47. The van der Waals surface area contributed by atoms with Crippen LogP contribution in [0.1, 0.15) is 12.5 Å². The van der Waals surface area contributed by atoms with Gasteiger partial charge in [-0.25, -0.2) is 0 Å². The average molecular weight is 401 g/mol. The Morgan fingerprint density at radius 2 is 1.80 bits per heavy atom. The molecule has 0 fully saturated rings. The normalized spacial score (nSPS) is 13.1. The first-order valence-electron chi connectivity index (χ1n) is 7.78. The monoisotopic (exact) mass is 400 g/mol. The summed E-state index contributed by atoms with van der Waals surface area (Å²) in [7, 11) is 0.